The highest BCUT2D eigenvalue weighted by atomic mass is 16.3. The van der Waals surface area contributed by atoms with Crippen molar-refractivity contribution in [3.05, 3.63) is 83.4 Å². The van der Waals surface area contributed by atoms with Gasteiger partial charge in [0.15, 0.2) is 0 Å². The lowest BCUT2D eigenvalue weighted by atomic mass is 9.32. The highest BCUT2D eigenvalue weighted by Gasteiger charge is 2.71. The van der Waals surface area contributed by atoms with Crippen LogP contribution in [0.1, 0.15) is 127 Å². The quantitative estimate of drug-likeness (QED) is 0.242. The summed E-state index contributed by atoms with van der Waals surface area (Å²) in [5.41, 5.74) is 4.32. The van der Waals surface area contributed by atoms with Crippen molar-refractivity contribution in [3.8, 4) is 0 Å². The summed E-state index contributed by atoms with van der Waals surface area (Å²) in [7, 11) is 0. The molecule has 5 aliphatic rings. The van der Waals surface area contributed by atoms with E-state index in [4.69, 9.17) is 0 Å². The van der Waals surface area contributed by atoms with Crippen LogP contribution in [0.15, 0.2) is 66.7 Å². The lowest BCUT2D eigenvalue weighted by Crippen LogP contribution is -2.67. The maximum Gasteiger partial charge on any atom is 0.251 e. The number of nitrogens with one attached hydrogen (secondary N) is 2. The zero-order chi connectivity index (χ0) is 36.4. The Kier molecular flexibility index (Phi) is 9.42. The Morgan fingerprint density at radius 1 is 0.784 bits per heavy atom. The van der Waals surface area contributed by atoms with Crippen LogP contribution in [0.5, 0.6) is 0 Å². The van der Waals surface area contributed by atoms with Gasteiger partial charge in [0.05, 0.1) is 11.5 Å². The molecule has 5 nitrogen and oxygen atoms in total. The topological polar surface area (TPSA) is 78.4 Å². The Morgan fingerprint density at radius 2 is 1.53 bits per heavy atom. The third-order valence-corrected chi connectivity index (χ3v) is 16.7. The summed E-state index contributed by atoms with van der Waals surface area (Å²) < 4.78 is 0. The molecular formula is C46H64N2O3. The second kappa shape index (κ2) is 13.2. The Balaban J connectivity index is 1.07. The summed E-state index contributed by atoms with van der Waals surface area (Å²) >= 11 is 0. The van der Waals surface area contributed by atoms with E-state index in [9.17, 15) is 14.7 Å². The van der Waals surface area contributed by atoms with Crippen molar-refractivity contribution in [1.82, 2.24) is 10.6 Å². The number of hydrogen-bond donors (Lipinski definition) is 3. The molecule has 4 unspecified atom stereocenters. The van der Waals surface area contributed by atoms with E-state index in [1.165, 1.54) is 31.3 Å². The van der Waals surface area contributed by atoms with Gasteiger partial charge < -0.3 is 15.7 Å². The molecule has 5 aliphatic carbocycles. The molecule has 2 aromatic rings. The van der Waals surface area contributed by atoms with Gasteiger partial charge in [-0.05, 0) is 152 Å². The van der Waals surface area contributed by atoms with E-state index in [1.807, 2.05) is 48.5 Å². The molecule has 7 rings (SSSR count). The minimum Gasteiger partial charge on any atom is -0.393 e. The molecule has 2 aromatic carbocycles. The maximum absolute atomic E-state index is 14.6. The van der Waals surface area contributed by atoms with Crippen molar-refractivity contribution < 1.29 is 14.7 Å². The van der Waals surface area contributed by atoms with Gasteiger partial charge in [0.2, 0.25) is 5.91 Å². The molecule has 51 heavy (non-hydrogen) atoms. The number of hydrogen-bond acceptors (Lipinski definition) is 3. The van der Waals surface area contributed by atoms with Crippen molar-refractivity contribution in [1.29, 1.82) is 0 Å². The SMILES string of the molecule is C=C(C)[C@@H]1CC[C@]2(C(=O)NCCc3cccc(C(=O)NCc4ccccc4)c3)CC[C@]3(C)C(CCC4[C@@]5(C)CC[C@H](O)C(C)(C)C5CC[C@]43C)C12. The summed E-state index contributed by atoms with van der Waals surface area (Å²) in [4.78, 5) is 27.6. The van der Waals surface area contributed by atoms with Crippen LogP contribution in [0, 0.1) is 56.7 Å². The maximum atomic E-state index is 14.6. The van der Waals surface area contributed by atoms with Crippen LogP contribution in [0.3, 0.4) is 0 Å². The van der Waals surface area contributed by atoms with Crippen LogP contribution in [0.25, 0.3) is 0 Å². The first-order valence-electron chi connectivity index (χ1n) is 20.2. The summed E-state index contributed by atoms with van der Waals surface area (Å²) in [6.07, 6.45) is 11.5. The number of fused-ring (bicyclic) bond motifs is 7. The van der Waals surface area contributed by atoms with Gasteiger partial charge in [0.1, 0.15) is 0 Å². The van der Waals surface area contributed by atoms with Crippen LogP contribution >= 0.6 is 0 Å². The van der Waals surface area contributed by atoms with Gasteiger partial charge >= 0.3 is 0 Å². The lowest BCUT2D eigenvalue weighted by molar-refractivity contribution is -0.246. The number of amides is 2. The molecule has 0 bridgehead atoms. The van der Waals surface area contributed by atoms with Crippen LogP contribution in [-0.2, 0) is 17.8 Å². The van der Waals surface area contributed by atoms with E-state index in [0.29, 0.717) is 54.7 Å². The number of aliphatic hydroxyl groups is 1. The predicted molar refractivity (Wildman–Crippen MR) is 206 cm³/mol. The highest BCUT2D eigenvalue weighted by Crippen LogP contribution is 2.77. The number of allylic oxidation sites excluding steroid dienone is 1. The Labute approximate surface area is 307 Å². The predicted octanol–water partition coefficient (Wildman–Crippen LogP) is 9.29. The molecule has 5 heteroatoms. The largest absolute Gasteiger partial charge is 0.393 e. The zero-order valence-electron chi connectivity index (χ0n) is 32.3. The van der Waals surface area contributed by atoms with Crippen molar-refractivity contribution in [3.63, 3.8) is 0 Å². The van der Waals surface area contributed by atoms with Crippen LogP contribution in [0.2, 0.25) is 0 Å². The minimum absolute atomic E-state index is 0.0432. The minimum atomic E-state index is -0.339. The third kappa shape index (κ3) is 5.74. The van der Waals surface area contributed by atoms with Crippen molar-refractivity contribution in [2.75, 3.05) is 6.54 Å². The summed E-state index contributed by atoms with van der Waals surface area (Å²) in [6.45, 7) is 20.4. The van der Waals surface area contributed by atoms with Crippen molar-refractivity contribution >= 4 is 11.8 Å². The molecule has 0 radical (unpaired) electrons. The van der Waals surface area contributed by atoms with E-state index in [-0.39, 0.29) is 45.0 Å². The lowest BCUT2D eigenvalue weighted by Gasteiger charge is -2.72. The normalized spacial score (nSPS) is 39.4. The standard InChI is InChI=1S/C46H64N2O3/c1-30(2)34-18-24-46(41(51)47-27-21-31-14-11-15-33(28-31)40(50)48-29-32-12-9-8-10-13-32)26-25-44(6)35(39(34)46)16-17-37-43(5)22-20-38(49)42(3,4)36(43)19-23-45(37,44)7/h8-15,28,34-39,49H,1,16-27,29H2,2-7H3,(H,47,51)(H,48,50)/t34-,35?,36?,37?,38-,39?,43-,44+,45+,46-/m0/s1. The fourth-order valence-corrected chi connectivity index (χ4v) is 13.8. The molecule has 276 valence electrons. The fraction of sp³-hybridized carbons (Fsp3) is 0.652. The Bertz CT molecular complexity index is 1650. The summed E-state index contributed by atoms with van der Waals surface area (Å²) in [5, 5.41) is 17.6. The molecule has 5 saturated carbocycles. The van der Waals surface area contributed by atoms with E-state index < -0.39 is 0 Å². The number of rotatable bonds is 8. The van der Waals surface area contributed by atoms with Gasteiger partial charge in [0.25, 0.3) is 5.91 Å². The summed E-state index contributed by atoms with van der Waals surface area (Å²) in [6, 6.07) is 17.8. The van der Waals surface area contributed by atoms with E-state index >= 15 is 0 Å². The van der Waals surface area contributed by atoms with Crippen LogP contribution in [0.4, 0.5) is 0 Å². The van der Waals surface area contributed by atoms with Gasteiger partial charge in [-0.25, -0.2) is 0 Å². The molecule has 3 N–H and O–H groups in total. The first kappa shape index (κ1) is 36.4. The van der Waals surface area contributed by atoms with Crippen molar-refractivity contribution in [2.24, 2.45) is 56.7 Å². The molecule has 0 spiro atoms. The van der Waals surface area contributed by atoms with Gasteiger partial charge in [0, 0.05) is 18.7 Å². The molecule has 5 fully saturated rings. The highest BCUT2D eigenvalue weighted by molar-refractivity contribution is 5.94. The number of carbonyl (C=O) groups excluding carboxylic acids is 2. The second-order valence-electron chi connectivity index (χ2n) is 19.1. The van der Waals surface area contributed by atoms with E-state index in [2.05, 4.69) is 64.8 Å². The monoisotopic (exact) mass is 692 g/mol. The smallest absolute Gasteiger partial charge is 0.251 e. The number of aliphatic hydroxyl groups excluding tert-OH is 1. The van der Waals surface area contributed by atoms with Gasteiger partial charge in [-0.3, -0.25) is 9.59 Å². The van der Waals surface area contributed by atoms with Crippen molar-refractivity contribution in [2.45, 2.75) is 125 Å². The zero-order valence-corrected chi connectivity index (χ0v) is 32.3. The summed E-state index contributed by atoms with van der Waals surface area (Å²) in [5.74, 6) is 2.61. The van der Waals surface area contributed by atoms with E-state index in [0.717, 1.165) is 49.7 Å². The molecule has 10 atom stereocenters. The molecule has 0 heterocycles. The Morgan fingerprint density at radius 3 is 2.27 bits per heavy atom. The molecule has 2 amide bonds. The average molecular weight is 693 g/mol. The Hall–Kier alpha value is -2.92. The van der Waals surface area contributed by atoms with E-state index in [1.54, 1.807) is 0 Å². The first-order valence-corrected chi connectivity index (χ1v) is 20.2. The molecule has 0 aliphatic heterocycles. The first-order chi connectivity index (χ1) is 24.2. The second-order valence-corrected chi connectivity index (χ2v) is 19.1. The van der Waals surface area contributed by atoms with Gasteiger partial charge in [-0.15, -0.1) is 0 Å². The molecule has 0 saturated heterocycles. The number of benzene rings is 2. The van der Waals surface area contributed by atoms with Crippen LogP contribution in [-0.4, -0.2) is 29.6 Å². The molecular weight excluding hydrogens is 629 g/mol. The van der Waals surface area contributed by atoms with Gasteiger partial charge in [-0.2, -0.15) is 0 Å². The van der Waals surface area contributed by atoms with Crippen LogP contribution < -0.4 is 10.6 Å². The van der Waals surface area contributed by atoms with Gasteiger partial charge in [-0.1, -0.05) is 89.2 Å². The molecule has 0 aromatic heterocycles. The average Bonchev–Trinajstić information content (AvgIpc) is 3.51. The fourth-order valence-electron chi connectivity index (χ4n) is 13.8. The third-order valence-electron chi connectivity index (χ3n) is 16.7. The number of carbonyl (C=O) groups is 2.